The monoisotopic (exact) mass is 224 g/mol. The second-order valence-corrected chi connectivity index (χ2v) is 2.88. The third-order valence-electron chi connectivity index (χ3n) is 1.28. The topological polar surface area (TPSA) is 0 Å². The molecule has 0 heterocycles. The Morgan fingerprint density at radius 1 is 1.45 bits per heavy atom. The van der Waals surface area contributed by atoms with Gasteiger partial charge < -0.3 is 17.0 Å². The third-order valence-corrected chi connectivity index (χ3v) is 1.72. The minimum Gasteiger partial charge on any atom is -1.00 e. The van der Waals surface area contributed by atoms with Crippen molar-refractivity contribution >= 4 is 31.5 Å². The Bertz CT molecular complexity index is 260. The molecule has 1 aromatic rings. The summed E-state index contributed by atoms with van der Waals surface area (Å²) < 4.78 is 13.7. The SMILES string of the molecule is C=Cc1cc[c]([Mg+])cc1F.[Br-]. The molecule has 0 saturated heterocycles. The van der Waals surface area contributed by atoms with E-state index in [1.165, 1.54) is 12.1 Å². The Morgan fingerprint density at radius 2 is 2.09 bits per heavy atom. The summed E-state index contributed by atoms with van der Waals surface area (Å²) >= 11 is 1.67. The molecule has 0 aliphatic heterocycles. The van der Waals surface area contributed by atoms with Gasteiger partial charge in [-0.15, -0.1) is 0 Å². The molecule has 0 fully saturated rings. The van der Waals surface area contributed by atoms with Crippen LogP contribution in [0.3, 0.4) is 0 Å². The fourth-order valence-corrected chi connectivity index (χ4v) is 1.03. The first-order valence-electron chi connectivity index (χ1n) is 2.98. The molecular weight excluding hydrogens is 219 g/mol. The van der Waals surface area contributed by atoms with Gasteiger partial charge in [0.25, 0.3) is 0 Å². The van der Waals surface area contributed by atoms with E-state index in [1.807, 2.05) is 6.07 Å². The molecule has 1 rings (SSSR count). The second kappa shape index (κ2) is 4.90. The van der Waals surface area contributed by atoms with Crippen molar-refractivity contribution in [1.82, 2.24) is 0 Å². The summed E-state index contributed by atoms with van der Waals surface area (Å²) in [5, 5.41) is 0. The van der Waals surface area contributed by atoms with E-state index >= 15 is 0 Å². The van der Waals surface area contributed by atoms with E-state index in [2.05, 4.69) is 6.58 Å². The van der Waals surface area contributed by atoms with Gasteiger partial charge in [-0.2, -0.15) is 0 Å². The fourth-order valence-electron chi connectivity index (χ4n) is 0.736. The van der Waals surface area contributed by atoms with Crippen molar-refractivity contribution in [3.8, 4) is 0 Å². The Balaban J connectivity index is 0.000001000. The molecule has 0 saturated carbocycles. The van der Waals surface area contributed by atoms with Crippen LogP contribution in [-0.4, -0.2) is 21.7 Å². The molecule has 54 valence electrons. The van der Waals surface area contributed by atoms with Crippen molar-refractivity contribution < 1.29 is 21.4 Å². The number of hydrogen-bond donors (Lipinski definition) is 0. The van der Waals surface area contributed by atoms with Gasteiger partial charge in [-0.3, -0.25) is 0 Å². The number of benzene rings is 1. The minimum absolute atomic E-state index is 0. The van der Waals surface area contributed by atoms with Crippen LogP contribution >= 0.6 is 0 Å². The first kappa shape index (κ1) is 11.1. The molecule has 0 aliphatic rings. The van der Waals surface area contributed by atoms with E-state index in [4.69, 9.17) is 0 Å². The molecule has 0 amide bonds. The molecular formula is C8H6BrFMg. The molecule has 0 radical (unpaired) electrons. The third kappa shape index (κ3) is 2.93. The van der Waals surface area contributed by atoms with E-state index < -0.39 is 0 Å². The first-order chi connectivity index (χ1) is 4.74. The number of rotatable bonds is 1. The number of halogens is 2. The Kier molecular flexibility index (Phi) is 4.96. The van der Waals surface area contributed by atoms with Crippen molar-refractivity contribution in [2.24, 2.45) is 0 Å². The summed E-state index contributed by atoms with van der Waals surface area (Å²) in [6.45, 7) is 3.48. The Labute approximate surface area is 88.7 Å². The maximum Gasteiger partial charge on any atom is -1.00 e. The van der Waals surface area contributed by atoms with Gasteiger partial charge in [0.05, 0.1) is 0 Å². The van der Waals surface area contributed by atoms with Gasteiger partial charge >= 0.3 is 72.0 Å². The standard InChI is InChI=1S/C8H6F.BrH.Mg/c1-2-7-5-3-4-6-8(7)9;;/h2-3,5-6H,1H2;1H;/q;;+1/p-1. The Morgan fingerprint density at radius 3 is 2.55 bits per heavy atom. The summed E-state index contributed by atoms with van der Waals surface area (Å²) in [4.78, 5) is 0. The molecule has 0 N–H and O–H groups in total. The summed E-state index contributed by atoms with van der Waals surface area (Å²) in [6.07, 6.45) is 1.51. The van der Waals surface area contributed by atoms with Crippen LogP contribution in [0, 0.1) is 5.82 Å². The first-order valence-corrected chi connectivity index (χ1v) is 3.68. The molecule has 0 atom stereocenters. The molecule has 0 spiro atoms. The van der Waals surface area contributed by atoms with E-state index in [9.17, 15) is 4.39 Å². The summed E-state index contributed by atoms with van der Waals surface area (Å²) in [5.74, 6) is -0.192. The molecule has 1 aromatic carbocycles. The van der Waals surface area contributed by atoms with Crippen LogP contribution in [-0.2, 0) is 0 Å². The normalized spacial score (nSPS) is 8.64. The van der Waals surface area contributed by atoms with Crippen LogP contribution in [0.2, 0.25) is 0 Å². The Hall–Kier alpha value is 0.136. The molecule has 11 heavy (non-hydrogen) atoms. The molecule has 3 heteroatoms. The van der Waals surface area contributed by atoms with Gasteiger partial charge in [0, 0.05) is 0 Å². The van der Waals surface area contributed by atoms with Crippen LogP contribution in [0.25, 0.3) is 6.08 Å². The van der Waals surface area contributed by atoms with Gasteiger partial charge in [0.2, 0.25) is 0 Å². The predicted octanol–water partition coefficient (Wildman–Crippen LogP) is -1.73. The fraction of sp³-hybridized carbons (Fsp3) is 0. The predicted molar refractivity (Wildman–Crippen MR) is 41.9 cm³/mol. The van der Waals surface area contributed by atoms with E-state index in [0.29, 0.717) is 5.56 Å². The van der Waals surface area contributed by atoms with Crippen LogP contribution in [0.1, 0.15) is 5.56 Å². The second-order valence-electron chi connectivity index (χ2n) is 2.06. The zero-order valence-corrected chi connectivity index (χ0v) is 8.98. The zero-order valence-electron chi connectivity index (χ0n) is 5.98. The molecule has 0 bridgehead atoms. The maximum absolute atomic E-state index is 12.8. The van der Waals surface area contributed by atoms with Crippen LogP contribution in [0.5, 0.6) is 0 Å². The van der Waals surface area contributed by atoms with Gasteiger partial charge in [-0.1, -0.05) is 0 Å². The van der Waals surface area contributed by atoms with Crippen LogP contribution in [0.4, 0.5) is 4.39 Å². The number of hydrogen-bond acceptors (Lipinski definition) is 0. The summed E-state index contributed by atoms with van der Waals surface area (Å²) in [6, 6.07) is 5.11. The van der Waals surface area contributed by atoms with Crippen LogP contribution in [0.15, 0.2) is 24.8 Å². The van der Waals surface area contributed by atoms with Crippen molar-refractivity contribution in [1.29, 1.82) is 0 Å². The smallest absolute Gasteiger partial charge is 1.00 e. The summed E-state index contributed by atoms with van der Waals surface area (Å²) in [7, 11) is 0. The van der Waals surface area contributed by atoms with E-state index in [0.717, 1.165) is 3.69 Å². The molecule has 0 unspecified atom stereocenters. The molecule has 0 nitrogen and oxygen atoms in total. The van der Waals surface area contributed by atoms with E-state index in [-0.39, 0.29) is 22.8 Å². The van der Waals surface area contributed by atoms with Crippen molar-refractivity contribution in [2.45, 2.75) is 0 Å². The molecule has 0 aliphatic carbocycles. The largest absolute Gasteiger partial charge is 1.00 e. The maximum atomic E-state index is 12.8. The van der Waals surface area contributed by atoms with Crippen molar-refractivity contribution in [3.63, 3.8) is 0 Å². The minimum atomic E-state index is -0.192. The molecule has 0 aromatic heterocycles. The van der Waals surface area contributed by atoms with E-state index in [1.54, 1.807) is 27.8 Å². The average molecular weight is 225 g/mol. The van der Waals surface area contributed by atoms with Crippen LogP contribution < -0.4 is 20.7 Å². The zero-order chi connectivity index (χ0) is 7.56. The van der Waals surface area contributed by atoms with Gasteiger partial charge in [-0.05, 0) is 0 Å². The quantitative estimate of drug-likeness (QED) is 0.498. The van der Waals surface area contributed by atoms with Gasteiger partial charge in [0.1, 0.15) is 0 Å². The van der Waals surface area contributed by atoms with Gasteiger partial charge in [-0.25, -0.2) is 0 Å². The van der Waals surface area contributed by atoms with Gasteiger partial charge in [0.15, 0.2) is 0 Å². The summed E-state index contributed by atoms with van der Waals surface area (Å²) in [5.41, 5.74) is 0.565. The van der Waals surface area contributed by atoms with Crippen molar-refractivity contribution in [2.75, 3.05) is 0 Å². The average Bonchev–Trinajstić information content (AvgIpc) is 1.88. The van der Waals surface area contributed by atoms with Crippen molar-refractivity contribution in [3.05, 3.63) is 36.2 Å².